The van der Waals surface area contributed by atoms with Crippen molar-refractivity contribution in [1.82, 2.24) is 0 Å². The Labute approximate surface area is 327 Å². The summed E-state index contributed by atoms with van der Waals surface area (Å²) in [4.78, 5) is 26.8. The van der Waals surface area contributed by atoms with E-state index in [2.05, 4.69) is 40.7 Å². The zero-order valence-electron chi connectivity index (χ0n) is 34.0. The average Bonchev–Trinajstić information content (AvgIpc) is 3.34. The second-order valence-corrected chi connectivity index (χ2v) is 18.7. The summed E-state index contributed by atoms with van der Waals surface area (Å²) in [7, 11) is 0. The maximum absolute atomic E-state index is 13.7. The molecule has 2 aromatic carbocycles. The first-order valence-electron chi connectivity index (χ1n) is 21.4. The van der Waals surface area contributed by atoms with Crippen LogP contribution in [0.2, 0.25) is 0 Å². The molecule has 55 heavy (non-hydrogen) atoms. The number of hydrogen-bond donors (Lipinski definition) is 0. The lowest BCUT2D eigenvalue weighted by Gasteiger charge is -2.58. The maximum Gasteiger partial charge on any atom is 0.344 e. The van der Waals surface area contributed by atoms with Gasteiger partial charge in [-0.25, -0.2) is 4.79 Å². The van der Waals surface area contributed by atoms with Crippen LogP contribution in [0.25, 0.3) is 22.1 Å². The quantitative estimate of drug-likeness (QED) is 0.151. The number of fused-ring (bicyclic) bond motifs is 7. The minimum atomic E-state index is -0.363. The van der Waals surface area contributed by atoms with Crippen LogP contribution in [-0.4, -0.2) is 31.9 Å². The SMILES string of the molecule is Cc1oc2cc(OCC(=O)O[C@@H]3CC[C@@]4(C)C(=CC[C@H]5[C@@H]6CC[C@H]([C@@H](C)CCCC(C)C)[C@@]6(C)CC[C@@H]54)C3)ccc2c(=O)c1-c1ccc2c(c1)OCCCO2. The molecule has 0 radical (unpaired) electrons. The van der Waals surface area contributed by atoms with Gasteiger partial charge in [-0.05, 0) is 128 Å². The molecule has 0 amide bonds. The summed E-state index contributed by atoms with van der Waals surface area (Å²) in [6.07, 6.45) is 16.9. The predicted octanol–water partition coefficient (Wildman–Crippen LogP) is 11.3. The Hall–Kier alpha value is -3.74. The van der Waals surface area contributed by atoms with Gasteiger partial charge in [0.15, 0.2) is 18.1 Å². The standard InChI is InChI=1S/C48H62O7/c1-29(2)9-7-10-30(3)38-16-17-39-36-14-12-33-26-35(19-21-47(33,5)40(36)20-22-48(38,39)6)55-44(49)28-53-34-13-15-37-42(27-34)54-31(4)45(46(37)50)32-11-18-41-43(25-32)52-24-8-23-51-41/h11-13,15,18,25,27,29-30,35-36,38-40H,7-10,14,16-17,19-24,26,28H2,1-6H3/t30-,35+,36-,38+,39-,40-,47-,48+/m0/s1. The van der Waals surface area contributed by atoms with E-state index >= 15 is 0 Å². The van der Waals surface area contributed by atoms with Crippen LogP contribution >= 0.6 is 0 Å². The lowest BCUT2D eigenvalue weighted by atomic mass is 9.47. The third kappa shape index (κ3) is 7.23. The Bertz CT molecular complexity index is 1990. The molecule has 7 nitrogen and oxygen atoms in total. The monoisotopic (exact) mass is 750 g/mol. The molecule has 5 aliphatic rings. The smallest absolute Gasteiger partial charge is 0.344 e. The van der Waals surface area contributed by atoms with Crippen LogP contribution in [0, 0.1) is 53.3 Å². The van der Waals surface area contributed by atoms with Crippen molar-refractivity contribution in [2.45, 2.75) is 125 Å². The van der Waals surface area contributed by atoms with E-state index in [1.807, 2.05) is 18.2 Å². The molecule has 1 aromatic heterocycles. The zero-order valence-corrected chi connectivity index (χ0v) is 34.0. The molecule has 3 aromatic rings. The van der Waals surface area contributed by atoms with Crippen LogP contribution in [0.3, 0.4) is 0 Å². The van der Waals surface area contributed by atoms with Crippen LogP contribution in [-0.2, 0) is 9.53 Å². The van der Waals surface area contributed by atoms with Crippen molar-refractivity contribution in [1.29, 1.82) is 0 Å². The summed E-state index contributed by atoms with van der Waals surface area (Å²) in [5.74, 6) is 6.75. The molecule has 7 heteroatoms. The Morgan fingerprint density at radius 2 is 1.75 bits per heavy atom. The zero-order chi connectivity index (χ0) is 38.5. The highest BCUT2D eigenvalue weighted by molar-refractivity contribution is 5.84. The van der Waals surface area contributed by atoms with Gasteiger partial charge in [0.05, 0.1) is 24.2 Å². The molecule has 0 saturated heterocycles. The van der Waals surface area contributed by atoms with Gasteiger partial charge in [0.25, 0.3) is 0 Å². The molecule has 0 N–H and O–H groups in total. The fourth-order valence-electron chi connectivity index (χ4n) is 12.1. The highest BCUT2D eigenvalue weighted by atomic mass is 16.6. The Morgan fingerprint density at radius 1 is 0.927 bits per heavy atom. The molecule has 4 aliphatic carbocycles. The predicted molar refractivity (Wildman–Crippen MR) is 217 cm³/mol. The number of carbonyl (C=O) groups excluding carboxylic acids is 1. The second kappa shape index (κ2) is 15.3. The summed E-state index contributed by atoms with van der Waals surface area (Å²) < 4.78 is 29.7. The summed E-state index contributed by atoms with van der Waals surface area (Å²) >= 11 is 0. The third-order valence-electron chi connectivity index (χ3n) is 15.0. The van der Waals surface area contributed by atoms with E-state index in [9.17, 15) is 9.59 Å². The third-order valence-corrected chi connectivity index (χ3v) is 15.0. The van der Waals surface area contributed by atoms with E-state index in [4.69, 9.17) is 23.4 Å². The number of allylic oxidation sites excluding steroid dienone is 1. The van der Waals surface area contributed by atoms with Crippen molar-refractivity contribution in [3.05, 3.63) is 64.0 Å². The van der Waals surface area contributed by atoms with Crippen molar-refractivity contribution in [2.24, 2.45) is 46.3 Å². The van der Waals surface area contributed by atoms with Crippen LogP contribution in [0.1, 0.15) is 117 Å². The second-order valence-electron chi connectivity index (χ2n) is 18.7. The van der Waals surface area contributed by atoms with Crippen LogP contribution in [0.4, 0.5) is 0 Å². The van der Waals surface area contributed by atoms with Gasteiger partial charge in [-0.1, -0.05) is 71.6 Å². The van der Waals surface area contributed by atoms with Crippen molar-refractivity contribution in [2.75, 3.05) is 19.8 Å². The van der Waals surface area contributed by atoms with Gasteiger partial charge in [-0.3, -0.25) is 4.79 Å². The molecule has 8 rings (SSSR count). The summed E-state index contributed by atoms with van der Waals surface area (Å²) in [6, 6.07) is 10.6. The highest BCUT2D eigenvalue weighted by Gasteiger charge is 2.59. The maximum atomic E-state index is 13.7. The van der Waals surface area contributed by atoms with Crippen LogP contribution in [0.15, 0.2) is 57.3 Å². The molecule has 1 aliphatic heterocycles. The van der Waals surface area contributed by atoms with Crippen LogP contribution in [0.5, 0.6) is 17.2 Å². The number of benzene rings is 2. The fourth-order valence-corrected chi connectivity index (χ4v) is 12.1. The minimum absolute atomic E-state index is 0.121. The van der Waals surface area contributed by atoms with E-state index in [-0.39, 0.29) is 29.5 Å². The number of hydrogen-bond acceptors (Lipinski definition) is 7. The number of ether oxygens (including phenoxy) is 4. The molecule has 0 unspecified atom stereocenters. The molecule has 2 heterocycles. The topological polar surface area (TPSA) is 84.2 Å². The van der Waals surface area contributed by atoms with Gasteiger partial charge in [0.2, 0.25) is 5.43 Å². The van der Waals surface area contributed by atoms with Gasteiger partial charge < -0.3 is 23.4 Å². The summed E-state index contributed by atoms with van der Waals surface area (Å²) in [5.41, 5.74) is 3.69. The first kappa shape index (κ1) is 38.1. The molecule has 3 fully saturated rings. The lowest BCUT2D eigenvalue weighted by Crippen LogP contribution is -2.51. The van der Waals surface area contributed by atoms with Gasteiger partial charge in [0, 0.05) is 18.9 Å². The van der Waals surface area contributed by atoms with E-state index < -0.39 is 0 Å². The number of esters is 1. The largest absolute Gasteiger partial charge is 0.490 e. The van der Waals surface area contributed by atoms with Crippen molar-refractivity contribution in [3.8, 4) is 28.4 Å². The highest BCUT2D eigenvalue weighted by Crippen LogP contribution is 2.67. The normalized spacial score (nSPS) is 30.5. The van der Waals surface area contributed by atoms with Crippen molar-refractivity contribution in [3.63, 3.8) is 0 Å². The minimum Gasteiger partial charge on any atom is -0.490 e. The Morgan fingerprint density at radius 3 is 2.56 bits per heavy atom. The molecule has 8 atom stereocenters. The average molecular weight is 751 g/mol. The van der Waals surface area contributed by atoms with Gasteiger partial charge >= 0.3 is 5.97 Å². The number of aryl methyl sites for hydroxylation is 1. The molecule has 0 spiro atoms. The molecule has 3 saturated carbocycles. The summed E-state index contributed by atoms with van der Waals surface area (Å²) in [5, 5.41) is 0.442. The van der Waals surface area contributed by atoms with Gasteiger partial charge in [0.1, 0.15) is 23.2 Å². The van der Waals surface area contributed by atoms with Gasteiger partial charge in [-0.15, -0.1) is 0 Å². The van der Waals surface area contributed by atoms with E-state index in [0.29, 0.717) is 63.7 Å². The first-order valence-corrected chi connectivity index (χ1v) is 21.4. The van der Waals surface area contributed by atoms with E-state index in [1.165, 1.54) is 56.9 Å². The number of rotatable bonds is 10. The lowest BCUT2D eigenvalue weighted by molar-refractivity contribution is -0.153. The number of carbonyl (C=O) groups is 1. The van der Waals surface area contributed by atoms with Gasteiger partial charge in [-0.2, -0.15) is 0 Å². The Balaban J connectivity index is 0.878. The molecule has 296 valence electrons. The van der Waals surface area contributed by atoms with E-state index in [1.54, 1.807) is 25.1 Å². The first-order chi connectivity index (χ1) is 26.4. The van der Waals surface area contributed by atoms with Crippen LogP contribution < -0.4 is 19.6 Å². The fraction of sp³-hybridized carbons (Fsp3) is 0.625. The summed E-state index contributed by atoms with van der Waals surface area (Å²) in [6.45, 7) is 15.2. The molecule has 0 bridgehead atoms. The molecular weight excluding hydrogens is 689 g/mol. The van der Waals surface area contributed by atoms with Crippen molar-refractivity contribution < 1.29 is 28.2 Å². The van der Waals surface area contributed by atoms with Crippen molar-refractivity contribution >= 4 is 16.9 Å². The molecular formula is C48H62O7. The Kier molecular flexibility index (Phi) is 10.6. The van der Waals surface area contributed by atoms with E-state index in [0.717, 1.165) is 61.2 Å².